The van der Waals surface area contributed by atoms with Crippen molar-refractivity contribution in [3.05, 3.63) is 12.7 Å². The van der Waals surface area contributed by atoms with E-state index >= 15 is 0 Å². The summed E-state index contributed by atoms with van der Waals surface area (Å²) in [5.41, 5.74) is 0. The number of thioether (sulfide) groups is 1. The van der Waals surface area contributed by atoms with Crippen molar-refractivity contribution in [2.24, 2.45) is 4.99 Å². The number of rotatable bonds is 6. The van der Waals surface area contributed by atoms with Gasteiger partial charge in [-0.3, -0.25) is 9.79 Å². The van der Waals surface area contributed by atoms with Gasteiger partial charge < -0.3 is 19.9 Å². The van der Waals surface area contributed by atoms with Crippen molar-refractivity contribution >= 4 is 47.6 Å². The molecule has 1 unspecified atom stereocenters. The molecule has 2 fully saturated rings. The van der Waals surface area contributed by atoms with Gasteiger partial charge in [0.1, 0.15) is 6.10 Å². The van der Waals surface area contributed by atoms with Gasteiger partial charge in [-0.15, -0.1) is 30.6 Å². The van der Waals surface area contributed by atoms with Crippen molar-refractivity contribution in [1.82, 2.24) is 15.1 Å². The van der Waals surface area contributed by atoms with Crippen molar-refractivity contribution in [2.45, 2.75) is 18.9 Å². The first kappa shape index (κ1) is 21.6. The molecule has 8 heteroatoms. The molecular weight excluding hydrogens is 439 g/mol. The van der Waals surface area contributed by atoms with Gasteiger partial charge in [0.25, 0.3) is 5.91 Å². The number of halogens is 1. The topological polar surface area (TPSA) is 57.2 Å². The van der Waals surface area contributed by atoms with Crippen molar-refractivity contribution in [3.8, 4) is 0 Å². The number of nitrogens with zero attached hydrogens (tertiary/aromatic N) is 3. The van der Waals surface area contributed by atoms with Gasteiger partial charge in [0.2, 0.25) is 0 Å². The minimum Gasteiger partial charge on any atom is -0.368 e. The van der Waals surface area contributed by atoms with E-state index in [1.807, 2.05) is 29.8 Å². The van der Waals surface area contributed by atoms with Crippen LogP contribution < -0.4 is 5.32 Å². The fourth-order valence-electron chi connectivity index (χ4n) is 2.85. The predicted molar refractivity (Wildman–Crippen MR) is 111 cm³/mol. The van der Waals surface area contributed by atoms with E-state index in [9.17, 15) is 4.79 Å². The summed E-state index contributed by atoms with van der Waals surface area (Å²) in [7, 11) is 1.81. The minimum atomic E-state index is -0.208. The third-order valence-corrected chi connectivity index (χ3v) is 5.04. The summed E-state index contributed by atoms with van der Waals surface area (Å²) in [5, 5.41) is 3.39. The van der Waals surface area contributed by atoms with Gasteiger partial charge >= 0.3 is 0 Å². The van der Waals surface area contributed by atoms with Gasteiger partial charge in [0.15, 0.2) is 5.96 Å². The number of hydrogen-bond acceptors (Lipinski definition) is 4. The second-order valence-electron chi connectivity index (χ2n) is 5.65. The fraction of sp³-hybridized carbons (Fsp3) is 0.750. The van der Waals surface area contributed by atoms with Crippen molar-refractivity contribution in [1.29, 1.82) is 0 Å². The molecule has 2 rings (SSSR count). The predicted octanol–water partition coefficient (Wildman–Crippen LogP) is 1.42. The SMILES string of the molecule is C=CCSCCNC(=NC)N1CCN(C(=O)C2CCCO2)CC1.I. The summed E-state index contributed by atoms with van der Waals surface area (Å²) in [6.45, 7) is 8.44. The average Bonchev–Trinajstić information content (AvgIpc) is 3.12. The molecule has 2 heterocycles. The number of ether oxygens (including phenoxy) is 1. The fourth-order valence-corrected chi connectivity index (χ4v) is 3.43. The zero-order chi connectivity index (χ0) is 16.5. The normalized spacial score (nSPS) is 21.4. The quantitative estimate of drug-likeness (QED) is 0.210. The maximum absolute atomic E-state index is 12.3. The van der Waals surface area contributed by atoms with Gasteiger partial charge in [-0.25, -0.2) is 0 Å². The molecule has 0 saturated carbocycles. The molecule has 1 atom stereocenters. The Balaban J connectivity index is 0.00000288. The summed E-state index contributed by atoms with van der Waals surface area (Å²) in [6, 6.07) is 0. The monoisotopic (exact) mass is 468 g/mol. The standard InChI is InChI=1S/C16H28N4O2S.HI/c1-3-12-23-13-6-18-16(17-2)20-9-7-19(8-10-20)15(21)14-5-4-11-22-14;/h3,14H,1,4-13H2,2H3,(H,17,18);1H. The Labute approximate surface area is 166 Å². The van der Waals surface area contributed by atoms with Crippen LogP contribution in [0.1, 0.15) is 12.8 Å². The van der Waals surface area contributed by atoms with E-state index in [-0.39, 0.29) is 36.0 Å². The first-order valence-corrected chi connectivity index (χ1v) is 9.46. The highest BCUT2D eigenvalue weighted by molar-refractivity contribution is 14.0. The van der Waals surface area contributed by atoms with Crippen LogP contribution in [0.5, 0.6) is 0 Å². The summed E-state index contributed by atoms with van der Waals surface area (Å²) in [4.78, 5) is 20.8. The van der Waals surface area contributed by atoms with Gasteiger partial charge in [0, 0.05) is 57.9 Å². The lowest BCUT2D eigenvalue weighted by Crippen LogP contribution is -2.55. The van der Waals surface area contributed by atoms with Crippen LogP contribution in [-0.2, 0) is 9.53 Å². The maximum Gasteiger partial charge on any atom is 0.251 e. The molecule has 138 valence electrons. The number of hydrogen-bond donors (Lipinski definition) is 1. The molecule has 0 radical (unpaired) electrons. The molecule has 0 aromatic heterocycles. The van der Waals surface area contributed by atoms with Crippen LogP contribution >= 0.6 is 35.7 Å². The van der Waals surface area contributed by atoms with Gasteiger partial charge in [-0.2, -0.15) is 11.8 Å². The third-order valence-electron chi connectivity index (χ3n) is 4.07. The largest absolute Gasteiger partial charge is 0.368 e. The zero-order valence-corrected chi connectivity index (χ0v) is 17.6. The number of carbonyl (C=O) groups is 1. The van der Waals surface area contributed by atoms with Crippen LogP contribution in [0.15, 0.2) is 17.6 Å². The molecule has 0 aromatic carbocycles. The summed E-state index contributed by atoms with van der Waals surface area (Å²) in [6.07, 6.45) is 3.58. The van der Waals surface area contributed by atoms with Gasteiger partial charge in [-0.05, 0) is 12.8 Å². The molecule has 0 aromatic rings. The second-order valence-corrected chi connectivity index (χ2v) is 6.80. The lowest BCUT2D eigenvalue weighted by molar-refractivity contribution is -0.142. The van der Waals surface area contributed by atoms with Crippen LogP contribution in [0.2, 0.25) is 0 Å². The molecule has 0 aliphatic carbocycles. The Bertz CT molecular complexity index is 422. The number of piperazine rings is 1. The zero-order valence-electron chi connectivity index (χ0n) is 14.4. The van der Waals surface area contributed by atoms with E-state index in [4.69, 9.17) is 4.74 Å². The molecule has 24 heavy (non-hydrogen) atoms. The molecule has 1 N–H and O–H groups in total. The van der Waals surface area contributed by atoms with Crippen LogP contribution in [-0.4, -0.2) is 85.7 Å². The first-order chi connectivity index (χ1) is 11.3. The van der Waals surface area contributed by atoms with Crippen LogP contribution in [0.3, 0.4) is 0 Å². The Morgan fingerprint density at radius 2 is 2.08 bits per heavy atom. The molecule has 2 aliphatic rings. The highest BCUT2D eigenvalue weighted by Gasteiger charge is 2.30. The Kier molecular flexibility index (Phi) is 10.8. The Morgan fingerprint density at radius 3 is 2.67 bits per heavy atom. The number of aliphatic imine (C=N–C) groups is 1. The van der Waals surface area contributed by atoms with Crippen LogP contribution in [0.4, 0.5) is 0 Å². The van der Waals surface area contributed by atoms with E-state index in [0.717, 1.165) is 69.6 Å². The summed E-state index contributed by atoms with van der Waals surface area (Å²) >= 11 is 1.85. The van der Waals surface area contributed by atoms with E-state index < -0.39 is 0 Å². The van der Waals surface area contributed by atoms with Crippen LogP contribution in [0.25, 0.3) is 0 Å². The molecule has 6 nitrogen and oxygen atoms in total. The smallest absolute Gasteiger partial charge is 0.251 e. The van der Waals surface area contributed by atoms with E-state index in [1.165, 1.54) is 0 Å². The molecule has 1 amide bonds. The Hall–Kier alpha value is -0.480. The molecular formula is C16H29IN4O2S. The van der Waals surface area contributed by atoms with E-state index in [0.29, 0.717) is 0 Å². The van der Waals surface area contributed by atoms with Crippen molar-refractivity contribution < 1.29 is 9.53 Å². The Morgan fingerprint density at radius 1 is 1.38 bits per heavy atom. The van der Waals surface area contributed by atoms with E-state index in [2.05, 4.69) is 21.8 Å². The number of carbonyl (C=O) groups excluding carboxylic acids is 1. The minimum absolute atomic E-state index is 0. The summed E-state index contributed by atoms with van der Waals surface area (Å²) in [5.74, 6) is 3.09. The third kappa shape index (κ3) is 6.44. The van der Waals surface area contributed by atoms with E-state index in [1.54, 1.807) is 0 Å². The highest BCUT2D eigenvalue weighted by atomic mass is 127. The number of guanidine groups is 1. The molecule has 0 spiro atoms. The average molecular weight is 468 g/mol. The maximum atomic E-state index is 12.3. The molecule has 2 saturated heterocycles. The van der Waals surface area contributed by atoms with Crippen LogP contribution in [0, 0.1) is 0 Å². The lowest BCUT2D eigenvalue weighted by Gasteiger charge is -2.37. The number of amides is 1. The second kappa shape index (κ2) is 12.0. The molecule has 2 aliphatic heterocycles. The van der Waals surface area contributed by atoms with Gasteiger partial charge in [0.05, 0.1) is 0 Å². The van der Waals surface area contributed by atoms with Gasteiger partial charge in [-0.1, -0.05) is 6.08 Å². The molecule has 0 bridgehead atoms. The number of nitrogens with one attached hydrogen (secondary N) is 1. The highest BCUT2D eigenvalue weighted by Crippen LogP contribution is 2.16. The van der Waals surface area contributed by atoms with Crippen molar-refractivity contribution in [3.63, 3.8) is 0 Å². The van der Waals surface area contributed by atoms with Crippen molar-refractivity contribution in [2.75, 3.05) is 57.9 Å². The lowest BCUT2D eigenvalue weighted by atomic mass is 10.2. The first-order valence-electron chi connectivity index (χ1n) is 8.31. The summed E-state index contributed by atoms with van der Waals surface area (Å²) < 4.78 is 5.50.